The van der Waals surface area contributed by atoms with Crippen molar-refractivity contribution in [3.63, 3.8) is 0 Å². The third-order valence-corrected chi connectivity index (χ3v) is 3.12. The number of hydrogen-bond acceptors (Lipinski definition) is 5. The van der Waals surface area contributed by atoms with Gasteiger partial charge in [-0.25, -0.2) is 9.97 Å². The van der Waals surface area contributed by atoms with Gasteiger partial charge in [0.1, 0.15) is 11.6 Å². The predicted molar refractivity (Wildman–Crippen MR) is 79.0 cm³/mol. The SMILES string of the molecule is C[NH+](C)CCc1nc(NCCC(=O)[O-])c2ccccc2n1. The van der Waals surface area contributed by atoms with Crippen molar-refractivity contribution in [2.24, 2.45) is 0 Å². The van der Waals surface area contributed by atoms with E-state index in [1.807, 2.05) is 24.3 Å². The van der Waals surface area contributed by atoms with Gasteiger partial charge < -0.3 is 20.1 Å². The van der Waals surface area contributed by atoms with E-state index < -0.39 is 5.97 Å². The lowest BCUT2D eigenvalue weighted by molar-refractivity contribution is -0.858. The molecule has 21 heavy (non-hydrogen) atoms. The minimum absolute atomic E-state index is 0.0461. The van der Waals surface area contributed by atoms with Gasteiger partial charge in [-0.1, -0.05) is 12.1 Å². The molecule has 0 spiro atoms. The first-order chi connectivity index (χ1) is 10.1. The number of carbonyl (C=O) groups excluding carboxylic acids is 1. The van der Waals surface area contributed by atoms with Gasteiger partial charge in [-0.15, -0.1) is 0 Å². The number of carbonyl (C=O) groups is 1. The van der Waals surface area contributed by atoms with Gasteiger partial charge >= 0.3 is 0 Å². The predicted octanol–water partition coefficient (Wildman–Crippen LogP) is -1.13. The van der Waals surface area contributed by atoms with Gasteiger partial charge in [0, 0.05) is 24.3 Å². The minimum Gasteiger partial charge on any atom is -0.550 e. The van der Waals surface area contributed by atoms with Crippen LogP contribution in [0.25, 0.3) is 10.9 Å². The van der Waals surface area contributed by atoms with Crippen LogP contribution in [0.2, 0.25) is 0 Å². The largest absolute Gasteiger partial charge is 0.550 e. The molecule has 0 saturated heterocycles. The van der Waals surface area contributed by atoms with Gasteiger partial charge in [-0.2, -0.15) is 0 Å². The number of hydrogen-bond donors (Lipinski definition) is 2. The lowest BCUT2D eigenvalue weighted by Crippen LogP contribution is -3.06. The Morgan fingerprint density at radius 3 is 2.76 bits per heavy atom. The number of nitrogens with one attached hydrogen (secondary N) is 2. The van der Waals surface area contributed by atoms with E-state index in [0.717, 1.165) is 29.7 Å². The van der Waals surface area contributed by atoms with E-state index in [4.69, 9.17) is 0 Å². The topological polar surface area (TPSA) is 82.4 Å². The molecule has 2 rings (SSSR count). The molecule has 6 nitrogen and oxygen atoms in total. The summed E-state index contributed by atoms with van der Waals surface area (Å²) in [5.41, 5.74) is 0.868. The van der Waals surface area contributed by atoms with Crippen LogP contribution in [0, 0.1) is 0 Å². The average Bonchev–Trinajstić information content (AvgIpc) is 2.44. The monoisotopic (exact) mass is 288 g/mol. The third kappa shape index (κ3) is 4.39. The Morgan fingerprint density at radius 2 is 2.05 bits per heavy atom. The molecular weight excluding hydrogens is 268 g/mol. The molecule has 0 aliphatic carbocycles. The van der Waals surface area contributed by atoms with Crippen LogP contribution in [-0.4, -0.2) is 43.1 Å². The standard InChI is InChI=1S/C15H20N4O2/c1-19(2)10-8-13-17-12-6-4-3-5-11(12)15(18-13)16-9-7-14(20)21/h3-6H,7-10H2,1-2H3,(H,20,21)(H,16,17,18). The maximum absolute atomic E-state index is 10.5. The van der Waals surface area contributed by atoms with Crippen molar-refractivity contribution in [2.75, 3.05) is 32.5 Å². The van der Waals surface area contributed by atoms with Crippen LogP contribution in [0.3, 0.4) is 0 Å². The van der Waals surface area contributed by atoms with Gasteiger partial charge in [0.05, 0.1) is 32.6 Å². The Morgan fingerprint density at radius 1 is 1.29 bits per heavy atom. The number of aromatic nitrogens is 2. The first-order valence-electron chi connectivity index (χ1n) is 7.04. The summed E-state index contributed by atoms with van der Waals surface area (Å²) in [6, 6.07) is 7.71. The summed E-state index contributed by atoms with van der Waals surface area (Å²) in [5, 5.41) is 14.5. The highest BCUT2D eigenvalue weighted by molar-refractivity contribution is 5.89. The van der Waals surface area contributed by atoms with Crippen molar-refractivity contribution in [1.82, 2.24) is 9.97 Å². The van der Waals surface area contributed by atoms with Crippen LogP contribution in [0.15, 0.2) is 24.3 Å². The fourth-order valence-corrected chi connectivity index (χ4v) is 2.02. The van der Waals surface area contributed by atoms with Gasteiger partial charge in [0.25, 0.3) is 0 Å². The van der Waals surface area contributed by atoms with Crippen LogP contribution < -0.4 is 15.3 Å². The number of quaternary nitrogens is 1. The molecule has 0 atom stereocenters. The highest BCUT2D eigenvalue weighted by Gasteiger charge is 2.08. The zero-order chi connectivity index (χ0) is 15.2. The number of rotatable bonds is 7. The molecular formula is C15H20N4O2. The number of carboxylic acid groups (broad SMARTS) is 1. The van der Waals surface area contributed by atoms with Crippen LogP contribution in [-0.2, 0) is 11.2 Å². The van der Waals surface area contributed by atoms with Crippen molar-refractivity contribution < 1.29 is 14.8 Å². The molecule has 0 amide bonds. The van der Waals surface area contributed by atoms with Crippen molar-refractivity contribution in [2.45, 2.75) is 12.8 Å². The number of benzene rings is 1. The summed E-state index contributed by atoms with van der Waals surface area (Å²) in [6.45, 7) is 1.23. The van der Waals surface area contributed by atoms with Crippen molar-refractivity contribution in [1.29, 1.82) is 0 Å². The second-order valence-electron chi connectivity index (χ2n) is 5.26. The summed E-state index contributed by atoms with van der Waals surface area (Å²) in [7, 11) is 4.17. The Hall–Kier alpha value is -2.21. The van der Waals surface area contributed by atoms with Gasteiger partial charge in [0.2, 0.25) is 0 Å². The molecule has 0 aliphatic heterocycles. The van der Waals surface area contributed by atoms with Crippen LogP contribution in [0.4, 0.5) is 5.82 Å². The number of anilines is 1. The minimum atomic E-state index is -1.07. The fraction of sp³-hybridized carbons (Fsp3) is 0.400. The maximum atomic E-state index is 10.5. The fourth-order valence-electron chi connectivity index (χ4n) is 2.02. The number of para-hydroxylation sites is 1. The molecule has 0 bridgehead atoms. The van der Waals surface area contributed by atoms with E-state index in [0.29, 0.717) is 12.4 Å². The van der Waals surface area contributed by atoms with Gasteiger partial charge in [-0.05, 0) is 12.1 Å². The van der Waals surface area contributed by atoms with Crippen molar-refractivity contribution >= 4 is 22.7 Å². The number of likely N-dealkylation sites (N-methyl/N-ethyl adjacent to an activating group) is 1. The maximum Gasteiger partial charge on any atom is 0.137 e. The first kappa shape index (κ1) is 15.2. The lowest BCUT2D eigenvalue weighted by atomic mass is 10.2. The number of aliphatic carboxylic acids is 1. The molecule has 0 saturated carbocycles. The highest BCUT2D eigenvalue weighted by atomic mass is 16.4. The average molecular weight is 288 g/mol. The van der Waals surface area contributed by atoms with E-state index in [-0.39, 0.29) is 6.42 Å². The Kier molecular flexibility index (Phi) is 5.05. The van der Waals surface area contributed by atoms with Crippen LogP contribution >= 0.6 is 0 Å². The Labute approximate surface area is 123 Å². The molecule has 6 heteroatoms. The third-order valence-electron chi connectivity index (χ3n) is 3.12. The molecule has 112 valence electrons. The van der Waals surface area contributed by atoms with Gasteiger partial charge in [0.15, 0.2) is 0 Å². The summed E-state index contributed by atoms with van der Waals surface area (Å²) < 4.78 is 0. The molecule has 0 aliphatic rings. The van der Waals surface area contributed by atoms with Crippen LogP contribution in [0.5, 0.6) is 0 Å². The number of nitrogens with zero attached hydrogens (tertiary/aromatic N) is 2. The lowest BCUT2D eigenvalue weighted by Gasteiger charge is -2.12. The zero-order valence-corrected chi connectivity index (χ0v) is 12.3. The Balaban J connectivity index is 2.24. The van der Waals surface area contributed by atoms with E-state index in [2.05, 4.69) is 29.4 Å². The molecule has 1 aromatic carbocycles. The summed E-state index contributed by atoms with van der Waals surface area (Å²) >= 11 is 0. The zero-order valence-electron chi connectivity index (χ0n) is 12.3. The van der Waals surface area contributed by atoms with Crippen molar-refractivity contribution in [3.8, 4) is 0 Å². The van der Waals surface area contributed by atoms with Crippen molar-refractivity contribution in [3.05, 3.63) is 30.1 Å². The molecule has 0 radical (unpaired) electrons. The van der Waals surface area contributed by atoms with E-state index in [1.54, 1.807) is 0 Å². The van der Waals surface area contributed by atoms with E-state index >= 15 is 0 Å². The second-order valence-corrected chi connectivity index (χ2v) is 5.26. The van der Waals surface area contributed by atoms with Crippen LogP contribution in [0.1, 0.15) is 12.2 Å². The smallest absolute Gasteiger partial charge is 0.137 e. The highest BCUT2D eigenvalue weighted by Crippen LogP contribution is 2.20. The second kappa shape index (κ2) is 6.99. The molecule has 0 unspecified atom stereocenters. The van der Waals surface area contributed by atoms with Gasteiger partial charge in [-0.3, -0.25) is 0 Å². The summed E-state index contributed by atoms with van der Waals surface area (Å²) in [6.07, 6.45) is 0.734. The number of carboxylic acids is 1. The molecule has 2 N–H and O–H groups in total. The summed E-state index contributed by atoms with van der Waals surface area (Å²) in [5.74, 6) is 0.383. The molecule has 0 fully saturated rings. The van der Waals surface area contributed by atoms with E-state index in [1.165, 1.54) is 4.90 Å². The van der Waals surface area contributed by atoms with E-state index in [9.17, 15) is 9.90 Å². The first-order valence-corrected chi connectivity index (χ1v) is 7.04. The molecule has 1 aromatic heterocycles. The normalized spacial score (nSPS) is 11.0. The Bertz CT molecular complexity index is 628. The molecule has 2 aromatic rings. The number of fused-ring (bicyclic) bond motifs is 1. The summed E-state index contributed by atoms with van der Waals surface area (Å²) in [4.78, 5) is 20.9. The molecule has 1 heterocycles. The quantitative estimate of drug-likeness (QED) is 0.673.